The number of furan rings is 1. The number of benzene rings is 3. The molecule has 0 unspecified atom stereocenters. The summed E-state index contributed by atoms with van der Waals surface area (Å²) >= 11 is 0. The van der Waals surface area contributed by atoms with Crippen LogP contribution in [0.4, 0.5) is 0 Å². The van der Waals surface area contributed by atoms with Gasteiger partial charge in [0, 0.05) is 22.4 Å². The van der Waals surface area contributed by atoms with Crippen LogP contribution in [0, 0.1) is 0 Å². The van der Waals surface area contributed by atoms with E-state index >= 15 is 0 Å². The van der Waals surface area contributed by atoms with Crippen LogP contribution in [0.1, 0.15) is 5.56 Å². The van der Waals surface area contributed by atoms with Gasteiger partial charge in [-0.3, -0.25) is 4.57 Å². The first kappa shape index (κ1) is 16.3. The second-order valence-electron chi connectivity index (χ2n) is 6.60. The highest BCUT2D eigenvalue weighted by atomic mass is 16.3. The van der Waals surface area contributed by atoms with Gasteiger partial charge in [-0.25, -0.2) is 4.99 Å². The van der Waals surface area contributed by atoms with Gasteiger partial charge in [0.05, 0.1) is 23.6 Å². The zero-order valence-electron chi connectivity index (χ0n) is 15.2. The van der Waals surface area contributed by atoms with Crippen LogP contribution in [0.5, 0.6) is 0 Å². The highest BCUT2D eigenvalue weighted by Crippen LogP contribution is 2.34. The van der Waals surface area contributed by atoms with Gasteiger partial charge in [-0.2, -0.15) is 0 Å². The molecule has 5 rings (SSSR count). The average Bonchev–Trinajstić information content (AvgIpc) is 3.34. The Morgan fingerprint density at radius 1 is 0.857 bits per heavy atom. The van der Waals surface area contributed by atoms with Crippen molar-refractivity contribution >= 4 is 44.7 Å². The van der Waals surface area contributed by atoms with Gasteiger partial charge in [-0.05, 0) is 35.4 Å². The van der Waals surface area contributed by atoms with Crippen LogP contribution >= 0.6 is 0 Å². The summed E-state index contributed by atoms with van der Waals surface area (Å²) in [7, 11) is 0. The summed E-state index contributed by atoms with van der Waals surface area (Å²) in [5.74, 6) is 0. The van der Waals surface area contributed by atoms with E-state index in [4.69, 9.17) is 4.42 Å². The summed E-state index contributed by atoms with van der Waals surface area (Å²) in [6.07, 6.45) is 7.28. The molecule has 0 spiro atoms. The van der Waals surface area contributed by atoms with Crippen LogP contribution in [0.2, 0.25) is 0 Å². The zero-order chi connectivity index (χ0) is 18.9. The van der Waals surface area contributed by atoms with Gasteiger partial charge in [-0.1, -0.05) is 61.2 Å². The van der Waals surface area contributed by atoms with Gasteiger partial charge in [-0.15, -0.1) is 0 Å². The topological polar surface area (TPSA) is 30.4 Å². The van der Waals surface area contributed by atoms with Crippen molar-refractivity contribution in [3.63, 3.8) is 0 Å². The van der Waals surface area contributed by atoms with Crippen molar-refractivity contribution in [1.82, 2.24) is 4.57 Å². The smallest absolute Gasteiger partial charge is 0.134 e. The lowest BCUT2D eigenvalue weighted by Gasteiger charge is -2.01. The molecule has 134 valence electrons. The third-order valence-electron chi connectivity index (χ3n) is 5.03. The van der Waals surface area contributed by atoms with Crippen molar-refractivity contribution in [2.75, 3.05) is 0 Å². The number of aromatic nitrogens is 1. The van der Waals surface area contributed by atoms with Gasteiger partial charge in [0.2, 0.25) is 0 Å². The summed E-state index contributed by atoms with van der Waals surface area (Å²) in [5, 5.41) is 3.49. The number of hydrogen-bond donors (Lipinski definition) is 0. The minimum Gasteiger partial charge on any atom is -0.464 e. The highest BCUT2D eigenvalue weighted by Gasteiger charge is 2.13. The maximum atomic E-state index is 5.60. The molecule has 0 bridgehead atoms. The molecular weight excluding hydrogens is 344 g/mol. The monoisotopic (exact) mass is 362 g/mol. The van der Waals surface area contributed by atoms with E-state index in [2.05, 4.69) is 52.5 Å². The molecule has 0 aliphatic rings. The number of para-hydroxylation sites is 1. The second kappa shape index (κ2) is 6.71. The van der Waals surface area contributed by atoms with E-state index in [1.54, 1.807) is 6.26 Å². The number of rotatable bonds is 4. The third-order valence-corrected chi connectivity index (χ3v) is 5.03. The summed E-state index contributed by atoms with van der Waals surface area (Å²) in [5.41, 5.74) is 5.19. The number of nitrogens with zero attached hydrogens (tertiary/aromatic N) is 2. The fourth-order valence-corrected chi connectivity index (χ4v) is 3.72. The fourth-order valence-electron chi connectivity index (χ4n) is 3.72. The molecule has 0 radical (unpaired) electrons. The van der Waals surface area contributed by atoms with Crippen molar-refractivity contribution in [1.29, 1.82) is 0 Å². The van der Waals surface area contributed by atoms with Crippen LogP contribution in [-0.2, 0) is 0 Å². The normalized spacial score (nSPS) is 12.5. The standard InChI is InChI=1S/C25H18N2O/c1-2-18(19-8-4-3-5-9-19)16-26-17-27-22-11-7-6-10-20(22)25-21-14-15-28-24(21)13-12-23(25)27/h2-17H,1H2/b18-16+,26-17+. The predicted octanol–water partition coefficient (Wildman–Crippen LogP) is 6.64. The molecule has 0 saturated heterocycles. The van der Waals surface area contributed by atoms with Crippen LogP contribution in [0.15, 0.2) is 107 Å². The van der Waals surface area contributed by atoms with Gasteiger partial charge >= 0.3 is 0 Å². The summed E-state index contributed by atoms with van der Waals surface area (Å²) < 4.78 is 7.72. The molecule has 28 heavy (non-hydrogen) atoms. The number of hydrogen-bond acceptors (Lipinski definition) is 2. The van der Waals surface area contributed by atoms with E-state index in [1.807, 2.05) is 55.0 Å². The Bertz CT molecular complexity index is 1370. The predicted molar refractivity (Wildman–Crippen MR) is 118 cm³/mol. The molecular formula is C25H18N2O. The Labute approximate surface area is 162 Å². The Hall–Kier alpha value is -3.85. The Morgan fingerprint density at radius 2 is 1.68 bits per heavy atom. The average molecular weight is 362 g/mol. The Balaban J connectivity index is 1.69. The molecule has 3 aromatic carbocycles. The molecule has 0 aliphatic heterocycles. The molecule has 0 atom stereocenters. The SMILES string of the molecule is C=C/C(=C\N=C\n1c2ccccc2c2c3ccoc3ccc21)c1ccccc1. The van der Waals surface area contributed by atoms with E-state index < -0.39 is 0 Å². The van der Waals surface area contributed by atoms with Crippen LogP contribution in [0.3, 0.4) is 0 Å². The lowest BCUT2D eigenvalue weighted by Crippen LogP contribution is -1.94. The van der Waals surface area contributed by atoms with Gasteiger partial charge in [0.25, 0.3) is 0 Å². The first-order valence-corrected chi connectivity index (χ1v) is 9.17. The maximum absolute atomic E-state index is 5.60. The van der Waals surface area contributed by atoms with Gasteiger partial charge in [0.1, 0.15) is 5.58 Å². The molecule has 3 heteroatoms. The largest absolute Gasteiger partial charge is 0.464 e. The minimum absolute atomic E-state index is 0.894. The summed E-state index contributed by atoms with van der Waals surface area (Å²) in [6, 6.07) is 24.6. The lowest BCUT2D eigenvalue weighted by molar-refractivity contribution is 0.616. The third kappa shape index (κ3) is 2.57. The number of aliphatic imine (C=N–C) groups is 1. The fraction of sp³-hybridized carbons (Fsp3) is 0. The first-order chi connectivity index (χ1) is 13.9. The summed E-state index contributed by atoms with van der Waals surface area (Å²) in [6.45, 7) is 3.92. The molecule has 0 amide bonds. The lowest BCUT2D eigenvalue weighted by atomic mass is 10.1. The van der Waals surface area contributed by atoms with Gasteiger partial charge < -0.3 is 4.42 Å². The zero-order valence-corrected chi connectivity index (χ0v) is 15.2. The quantitative estimate of drug-likeness (QED) is 0.200. The first-order valence-electron chi connectivity index (χ1n) is 9.17. The highest BCUT2D eigenvalue weighted by molar-refractivity contribution is 6.21. The molecule has 5 aromatic rings. The Morgan fingerprint density at radius 3 is 2.54 bits per heavy atom. The van der Waals surface area contributed by atoms with Crippen molar-refractivity contribution in [3.8, 4) is 0 Å². The molecule has 2 heterocycles. The number of fused-ring (bicyclic) bond motifs is 5. The van der Waals surface area contributed by atoms with E-state index in [-0.39, 0.29) is 0 Å². The molecule has 0 N–H and O–H groups in total. The van der Waals surface area contributed by atoms with Crippen LogP contribution in [-0.4, -0.2) is 10.9 Å². The van der Waals surface area contributed by atoms with Crippen LogP contribution < -0.4 is 0 Å². The maximum Gasteiger partial charge on any atom is 0.134 e. The molecule has 0 aliphatic carbocycles. The van der Waals surface area contributed by atoms with Crippen LogP contribution in [0.25, 0.3) is 38.3 Å². The number of allylic oxidation sites excluding steroid dienone is 2. The van der Waals surface area contributed by atoms with Crippen molar-refractivity contribution in [2.24, 2.45) is 4.99 Å². The van der Waals surface area contributed by atoms with Crippen molar-refractivity contribution in [2.45, 2.75) is 0 Å². The second-order valence-corrected chi connectivity index (χ2v) is 6.60. The molecule has 3 nitrogen and oxygen atoms in total. The molecule has 0 saturated carbocycles. The van der Waals surface area contributed by atoms with Gasteiger partial charge in [0.15, 0.2) is 0 Å². The van der Waals surface area contributed by atoms with E-state index in [0.717, 1.165) is 33.1 Å². The van der Waals surface area contributed by atoms with Crippen molar-refractivity contribution in [3.05, 3.63) is 103 Å². The minimum atomic E-state index is 0.894. The van der Waals surface area contributed by atoms with E-state index in [1.165, 1.54) is 10.8 Å². The van der Waals surface area contributed by atoms with Crippen molar-refractivity contribution < 1.29 is 4.42 Å². The Kier molecular flexibility index (Phi) is 3.91. The molecule has 0 fully saturated rings. The summed E-state index contributed by atoms with van der Waals surface area (Å²) in [4.78, 5) is 4.61. The molecule has 2 aromatic heterocycles. The van der Waals surface area contributed by atoms with E-state index in [0.29, 0.717) is 0 Å². The van der Waals surface area contributed by atoms with E-state index in [9.17, 15) is 0 Å².